The molecule has 1 aromatic heterocycles. The van der Waals surface area contributed by atoms with Crippen molar-refractivity contribution in [3.8, 4) is 33.5 Å². The second kappa shape index (κ2) is 9.52. The molecule has 0 amide bonds. The number of pyridine rings is 1. The molecule has 1 nitrogen and oxygen atoms in total. The monoisotopic (exact) mass is 595 g/mol. The van der Waals surface area contributed by atoms with E-state index in [0.717, 1.165) is 11.2 Å². The highest BCUT2D eigenvalue weighted by Gasteiger charge is 2.40. The lowest BCUT2D eigenvalue weighted by molar-refractivity contribution is 0.662. The number of rotatable bonds is 2. The van der Waals surface area contributed by atoms with Gasteiger partial charge in [-0.25, -0.2) is 4.98 Å². The average molecular weight is 596 g/mol. The summed E-state index contributed by atoms with van der Waals surface area (Å²) in [6.45, 7) is 4.73. The van der Waals surface area contributed by atoms with Crippen molar-refractivity contribution in [3.63, 3.8) is 0 Å². The first-order valence-electron chi connectivity index (χ1n) is 16.3. The van der Waals surface area contributed by atoms with Gasteiger partial charge in [-0.1, -0.05) is 141 Å². The molecule has 2 aliphatic rings. The molecule has 1 heterocycles. The highest BCUT2D eigenvalue weighted by atomic mass is 14.7. The van der Waals surface area contributed by atoms with E-state index in [0.29, 0.717) is 0 Å². The normalized spacial score (nSPS) is 13.8. The molecular weight excluding hydrogens is 567 g/mol. The van der Waals surface area contributed by atoms with Crippen molar-refractivity contribution in [2.45, 2.75) is 19.3 Å². The van der Waals surface area contributed by atoms with Gasteiger partial charge in [0.25, 0.3) is 0 Å². The summed E-state index contributed by atoms with van der Waals surface area (Å²) >= 11 is 0. The Labute approximate surface area is 273 Å². The Bertz CT molecular complexity index is 2780. The average Bonchev–Trinajstić information content (AvgIpc) is 3.35. The molecule has 0 N–H and O–H groups in total. The molecule has 0 spiro atoms. The zero-order valence-electron chi connectivity index (χ0n) is 26.2. The summed E-state index contributed by atoms with van der Waals surface area (Å²) in [7, 11) is 0. The maximum atomic E-state index is 5.43. The molecule has 0 fully saturated rings. The van der Waals surface area contributed by atoms with E-state index >= 15 is 0 Å². The molecule has 0 saturated carbocycles. The zero-order valence-corrected chi connectivity index (χ0v) is 26.2. The Morgan fingerprint density at radius 2 is 1.17 bits per heavy atom. The van der Waals surface area contributed by atoms with Crippen LogP contribution in [0.2, 0.25) is 0 Å². The van der Waals surface area contributed by atoms with Crippen LogP contribution in [0.15, 0.2) is 139 Å². The second-order valence-corrected chi connectivity index (χ2v) is 13.3. The fraction of sp³-hybridized carbons (Fsp3) is 0.0652. The molecule has 0 aliphatic heterocycles. The quantitative estimate of drug-likeness (QED) is 0.143. The molecule has 0 saturated heterocycles. The SMILES string of the molecule is CC1(C)c2ccccc2-c2nc3ccc4ccccc4c3c(-c3ccc(-c4cc5c(c6ccccc46)C=C=C=C5)c4ccccc34)c21. The van der Waals surface area contributed by atoms with Crippen molar-refractivity contribution in [2.75, 3.05) is 0 Å². The van der Waals surface area contributed by atoms with Crippen LogP contribution in [-0.4, -0.2) is 4.98 Å². The van der Waals surface area contributed by atoms with Crippen LogP contribution in [0.4, 0.5) is 0 Å². The van der Waals surface area contributed by atoms with Crippen LogP contribution in [0.1, 0.15) is 36.1 Å². The minimum absolute atomic E-state index is 0.221. The van der Waals surface area contributed by atoms with Gasteiger partial charge >= 0.3 is 0 Å². The largest absolute Gasteiger partial charge is 0.247 e. The van der Waals surface area contributed by atoms with E-state index in [-0.39, 0.29) is 5.41 Å². The smallest absolute Gasteiger partial charge is 0.0759 e. The molecule has 2 aliphatic carbocycles. The molecule has 0 radical (unpaired) electrons. The molecule has 0 unspecified atom stereocenters. The summed E-state index contributed by atoms with van der Waals surface area (Å²) < 4.78 is 0. The summed E-state index contributed by atoms with van der Waals surface area (Å²) in [5, 5.41) is 8.67. The third kappa shape index (κ3) is 3.59. The maximum absolute atomic E-state index is 5.43. The molecule has 8 aromatic rings. The maximum Gasteiger partial charge on any atom is 0.0759 e. The van der Waals surface area contributed by atoms with Crippen LogP contribution < -0.4 is 0 Å². The van der Waals surface area contributed by atoms with Gasteiger partial charge in [0.05, 0.1) is 11.2 Å². The second-order valence-electron chi connectivity index (χ2n) is 13.3. The van der Waals surface area contributed by atoms with Crippen LogP contribution in [0.5, 0.6) is 0 Å². The number of benzene rings is 7. The Morgan fingerprint density at radius 3 is 2.00 bits per heavy atom. The first-order valence-corrected chi connectivity index (χ1v) is 16.3. The van der Waals surface area contributed by atoms with E-state index in [4.69, 9.17) is 4.98 Å². The number of hydrogen-bond donors (Lipinski definition) is 0. The first-order chi connectivity index (χ1) is 23.1. The third-order valence-electron chi connectivity index (χ3n) is 10.5. The van der Waals surface area contributed by atoms with Crippen molar-refractivity contribution in [1.82, 2.24) is 4.98 Å². The minimum Gasteiger partial charge on any atom is -0.247 e. The molecule has 47 heavy (non-hydrogen) atoms. The fourth-order valence-electron chi connectivity index (χ4n) is 8.39. The summed E-state index contributed by atoms with van der Waals surface area (Å²) in [5.74, 6) is 0. The molecule has 10 rings (SSSR count). The Hall–Kier alpha value is -5.97. The molecule has 1 heteroatoms. The van der Waals surface area contributed by atoms with Crippen LogP contribution in [-0.2, 0) is 5.41 Å². The number of aromatic nitrogens is 1. The van der Waals surface area contributed by atoms with Crippen molar-refractivity contribution < 1.29 is 0 Å². The standard InChI is InChI=1S/C46H29N/c1-46(2)40-22-12-11-21-38(40)45-44(46)43(42-31-16-6-3-13-28(31)23-26-41(42)47-45)37-25-24-36(33-18-8-9-19-34(33)37)39-27-29-14-4-5-15-30(29)32-17-7-10-20-35(32)39/h3,6-27H,1-2H3. The highest BCUT2D eigenvalue weighted by Crippen LogP contribution is 2.55. The van der Waals surface area contributed by atoms with E-state index in [1.54, 1.807) is 0 Å². The van der Waals surface area contributed by atoms with Crippen molar-refractivity contribution >= 4 is 55.4 Å². The number of hydrogen-bond acceptors (Lipinski definition) is 1. The zero-order chi connectivity index (χ0) is 31.3. The summed E-state index contributed by atoms with van der Waals surface area (Å²) in [6, 6.07) is 46.8. The van der Waals surface area contributed by atoms with Crippen molar-refractivity contribution in [2.24, 2.45) is 0 Å². The fourth-order valence-corrected chi connectivity index (χ4v) is 8.39. The van der Waals surface area contributed by atoms with Gasteiger partial charge in [-0.3, -0.25) is 0 Å². The van der Waals surface area contributed by atoms with Gasteiger partial charge in [0.2, 0.25) is 0 Å². The summed E-state index contributed by atoms with van der Waals surface area (Å²) in [5.41, 5.74) is 19.5. The lowest BCUT2D eigenvalue weighted by Crippen LogP contribution is -2.17. The van der Waals surface area contributed by atoms with Crippen molar-refractivity contribution in [1.29, 1.82) is 0 Å². The van der Waals surface area contributed by atoms with Gasteiger partial charge in [-0.05, 0) is 101 Å². The minimum atomic E-state index is -0.221. The number of fused-ring (bicyclic) bond motifs is 10. The van der Waals surface area contributed by atoms with Gasteiger partial charge in [-0.2, -0.15) is 0 Å². The van der Waals surface area contributed by atoms with E-state index in [9.17, 15) is 0 Å². The Balaban J connectivity index is 1.35. The summed E-state index contributed by atoms with van der Waals surface area (Å²) in [4.78, 5) is 5.43. The predicted molar refractivity (Wildman–Crippen MR) is 199 cm³/mol. The molecule has 7 aromatic carbocycles. The molecule has 0 atom stereocenters. The van der Waals surface area contributed by atoms with Crippen LogP contribution >= 0.6 is 0 Å². The van der Waals surface area contributed by atoms with Crippen LogP contribution in [0.25, 0.3) is 88.9 Å². The summed E-state index contributed by atoms with van der Waals surface area (Å²) in [6.07, 6.45) is 4.11. The Morgan fingerprint density at radius 1 is 0.532 bits per heavy atom. The molecule has 218 valence electrons. The lowest BCUT2D eigenvalue weighted by Gasteiger charge is -2.26. The van der Waals surface area contributed by atoms with E-state index < -0.39 is 0 Å². The highest BCUT2D eigenvalue weighted by molar-refractivity contribution is 6.20. The topological polar surface area (TPSA) is 12.9 Å². The van der Waals surface area contributed by atoms with Gasteiger partial charge < -0.3 is 0 Å². The van der Waals surface area contributed by atoms with E-state index in [2.05, 4.69) is 165 Å². The van der Waals surface area contributed by atoms with Gasteiger partial charge in [0, 0.05) is 16.4 Å². The van der Waals surface area contributed by atoms with Crippen molar-refractivity contribution in [3.05, 3.63) is 161 Å². The van der Waals surface area contributed by atoms with Gasteiger partial charge in [0.1, 0.15) is 0 Å². The predicted octanol–water partition coefficient (Wildman–Crippen LogP) is 12.1. The third-order valence-corrected chi connectivity index (χ3v) is 10.5. The van der Waals surface area contributed by atoms with Crippen LogP contribution in [0, 0.1) is 0 Å². The van der Waals surface area contributed by atoms with Gasteiger partial charge in [-0.15, -0.1) is 0 Å². The number of nitrogens with zero attached hydrogens (tertiary/aromatic N) is 1. The molecular formula is C46H29N. The van der Waals surface area contributed by atoms with E-state index in [1.807, 2.05) is 0 Å². The van der Waals surface area contributed by atoms with Gasteiger partial charge in [0.15, 0.2) is 0 Å². The van der Waals surface area contributed by atoms with E-state index in [1.165, 1.54) is 87.8 Å². The lowest BCUT2D eigenvalue weighted by atomic mass is 9.77. The molecule has 0 bridgehead atoms. The first kappa shape index (κ1) is 26.3. The van der Waals surface area contributed by atoms with Crippen LogP contribution in [0.3, 0.4) is 0 Å². The Kier molecular flexibility index (Phi) is 5.32.